The van der Waals surface area contributed by atoms with Gasteiger partial charge in [-0.05, 0) is 17.7 Å². The second-order valence-electron chi connectivity index (χ2n) is 4.17. The van der Waals surface area contributed by atoms with E-state index in [4.69, 9.17) is 0 Å². The SMILES string of the molecule is OC(Cc1ccc(C(F)(F)F)cc1)Cn1cncn1. The highest BCUT2D eigenvalue weighted by Gasteiger charge is 2.29. The van der Waals surface area contributed by atoms with Crippen molar-refractivity contribution in [3.8, 4) is 0 Å². The van der Waals surface area contributed by atoms with Gasteiger partial charge in [0.25, 0.3) is 0 Å². The lowest BCUT2D eigenvalue weighted by atomic mass is 10.1. The molecule has 1 heterocycles. The maximum atomic E-state index is 12.4. The fourth-order valence-electron chi connectivity index (χ4n) is 1.71. The van der Waals surface area contributed by atoms with E-state index in [1.807, 2.05) is 0 Å². The van der Waals surface area contributed by atoms with Gasteiger partial charge in [0.15, 0.2) is 0 Å². The topological polar surface area (TPSA) is 50.9 Å². The van der Waals surface area contributed by atoms with E-state index in [-0.39, 0.29) is 13.0 Å². The molecule has 0 aliphatic heterocycles. The van der Waals surface area contributed by atoms with Gasteiger partial charge in [-0.1, -0.05) is 12.1 Å². The number of hydrogen-bond donors (Lipinski definition) is 1. The molecule has 1 atom stereocenters. The van der Waals surface area contributed by atoms with Crippen LogP contribution in [0.4, 0.5) is 13.2 Å². The van der Waals surface area contributed by atoms with E-state index in [0.717, 1.165) is 12.1 Å². The predicted octanol–water partition coefficient (Wildman–Crippen LogP) is 1.90. The Balaban J connectivity index is 1.96. The van der Waals surface area contributed by atoms with Gasteiger partial charge in [-0.15, -0.1) is 0 Å². The molecule has 7 heteroatoms. The average Bonchev–Trinajstić information content (AvgIpc) is 2.81. The zero-order chi connectivity index (χ0) is 13.9. The van der Waals surface area contributed by atoms with E-state index >= 15 is 0 Å². The molecular formula is C12H12F3N3O. The van der Waals surface area contributed by atoms with Gasteiger partial charge in [0.1, 0.15) is 12.7 Å². The molecule has 1 unspecified atom stereocenters. The second-order valence-corrected chi connectivity index (χ2v) is 4.17. The molecule has 0 fully saturated rings. The molecule has 1 aromatic heterocycles. The molecule has 0 bridgehead atoms. The lowest BCUT2D eigenvalue weighted by Crippen LogP contribution is -2.19. The maximum absolute atomic E-state index is 12.4. The Morgan fingerprint density at radius 3 is 2.42 bits per heavy atom. The van der Waals surface area contributed by atoms with Gasteiger partial charge < -0.3 is 5.11 Å². The molecule has 0 radical (unpaired) electrons. The van der Waals surface area contributed by atoms with Crippen molar-refractivity contribution in [2.45, 2.75) is 25.2 Å². The van der Waals surface area contributed by atoms with Gasteiger partial charge in [0.2, 0.25) is 0 Å². The van der Waals surface area contributed by atoms with Gasteiger partial charge in [-0.3, -0.25) is 4.68 Å². The van der Waals surface area contributed by atoms with Crippen LogP contribution in [-0.2, 0) is 19.1 Å². The molecule has 0 aliphatic carbocycles. The summed E-state index contributed by atoms with van der Waals surface area (Å²) in [5, 5.41) is 13.6. The number of hydrogen-bond acceptors (Lipinski definition) is 3. The number of halogens is 3. The van der Waals surface area contributed by atoms with Crippen molar-refractivity contribution in [2.24, 2.45) is 0 Å². The van der Waals surface area contributed by atoms with Crippen molar-refractivity contribution in [3.63, 3.8) is 0 Å². The van der Waals surface area contributed by atoms with Crippen LogP contribution in [-0.4, -0.2) is 26.0 Å². The van der Waals surface area contributed by atoms with E-state index in [1.165, 1.54) is 29.5 Å². The summed E-state index contributed by atoms with van der Waals surface area (Å²) >= 11 is 0. The monoisotopic (exact) mass is 271 g/mol. The number of aromatic nitrogens is 3. The Hall–Kier alpha value is -1.89. The van der Waals surface area contributed by atoms with Crippen LogP contribution in [0.1, 0.15) is 11.1 Å². The third kappa shape index (κ3) is 3.78. The first kappa shape index (κ1) is 13.5. The summed E-state index contributed by atoms with van der Waals surface area (Å²) < 4.78 is 38.6. The molecule has 102 valence electrons. The first-order valence-electron chi connectivity index (χ1n) is 5.62. The Kier molecular flexibility index (Phi) is 3.84. The standard InChI is InChI=1S/C12H12F3N3O/c13-12(14,15)10-3-1-9(2-4-10)5-11(19)6-18-8-16-7-17-18/h1-4,7-8,11,19H,5-6H2. The van der Waals surface area contributed by atoms with Crippen LogP contribution in [0, 0.1) is 0 Å². The van der Waals surface area contributed by atoms with Crippen LogP contribution < -0.4 is 0 Å². The first-order valence-corrected chi connectivity index (χ1v) is 5.62. The Morgan fingerprint density at radius 1 is 1.21 bits per heavy atom. The van der Waals surface area contributed by atoms with Crippen molar-refractivity contribution < 1.29 is 18.3 Å². The van der Waals surface area contributed by atoms with Crippen LogP contribution >= 0.6 is 0 Å². The van der Waals surface area contributed by atoms with Gasteiger partial charge in [0, 0.05) is 6.42 Å². The average molecular weight is 271 g/mol. The smallest absolute Gasteiger partial charge is 0.391 e. The number of aliphatic hydroxyl groups is 1. The van der Waals surface area contributed by atoms with Gasteiger partial charge in [-0.25, -0.2) is 4.98 Å². The third-order valence-electron chi connectivity index (χ3n) is 2.62. The van der Waals surface area contributed by atoms with Crippen molar-refractivity contribution in [3.05, 3.63) is 48.0 Å². The van der Waals surface area contributed by atoms with E-state index in [0.29, 0.717) is 5.56 Å². The number of benzene rings is 1. The molecule has 2 rings (SSSR count). The van der Waals surface area contributed by atoms with Crippen LogP contribution in [0.2, 0.25) is 0 Å². The summed E-state index contributed by atoms with van der Waals surface area (Å²) in [7, 11) is 0. The Morgan fingerprint density at radius 2 is 1.89 bits per heavy atom. The minimum atomic E-state index is -4.34. The highest BCUT2D eigenvalue weighted by molar-refractivity contribution is 5.25. The molecule has 0 saturated carbocycles. The van der Waals surface area contributed by atoms with Crippen molar-refractivity contribution in [2.75, 3.05) is 0 Å². The Bertz CT molecular complexity index is 508. The molecule has 1 N–H and O–H groups in total. The molecule has 4 nitrogen and oxygen atoms in total. The third-order valence-corrected chi connectivity index (χ3v) is 2.62. The minimum absolute atomic E-state index is 0.251. The molecular weight excluding hydrogens is 259 g/mol. The lowest BCUT2D eigenvalue weighted by molar-refractivity contribution is -0.137. The molecule has 0 aliphatic rings. The molecule has 2 aromatic rings. The largest absolute Gasteiger partial charge is 0.416 e. The zero-order valence-electron chi connectivity index (χ0n) is 9.88. The maximum Gasteiger partial charge on any atom is 0.416 e. The number of aliphatic hydroxyl groups excluding tert-OH is 1. The quantitative estimate of drug-likeness (QED) is 0.924. The van der Waals surface area contributed by atoms with Crippen molar-refractivity contribution in [1.82, 2.24) is 14.8 Å². The number of rotatable bonds is 4. The summed E-state index contributed by atoms with van der Waals surface area (Å²) in [6.45, 7) is 0.251. The minimum Gasteiger partial charge on any atom is -0.391 e. The highest BCUT2D eigenvalue weighted by atomic mass is 19.4. The normalized spacial score (nSPS) is 13.5. The van der Waals surface area contributed by atoms with Crippen molar-refractivity contribution in [1.29, 1.82) is 0 Å². The summed E-state index contributed by atoms with van der Waals surface area (Å²) in [4.78, 5) is 3.74. The summed E-state index contributed by atoms with van der Waals surface area (Å²) in [5.41, 5.74) is -0.0531. The second kappa shape index (κ2) is 5.40. The zero-order valence-corrected chi connectivity index (χ0v) is 9.88. The summed E-state index contributed by atoms with van der Waals surface area (Å²) in [6.07, 6.45) is -1.98. The molecule has 0 amide bonds. The van der Waals surface area contributed by atoms with E-state index < -0.39 is 17.8 Å². The molecule has 1 aromatic carbocycles. The van der Waals surface area contributed by atoms with E-state index in [9.17, 15) is 18.3 Å². The van der Waals surface area contributed by atoms with E-state index in [1.54, 1.807) is 0 Å². The van der Waals surface area contributed by atoms with Crippen LogP contribution in [0.3, 0.4) is 0 Å². The number of alkyl halides is 3. The van der Waals surface area contributed by atoms with Gasteiger partial charge >= 0.3 is 6.18 Å². The van der Waals surface area contributed by atoms with Crippen LogP contribution in [0.5, 0.6) is 0 Å². The van der Waals surface area contributed by atoms with Crippen molar-refractivity contribution >= 4 is 0 Å². The predicted molar refractivity (Wildman–Crippen MR) is 61.2 cm³/mol. The summed E-state index contributed by atoms with van der Waals surface area (Å²) in [5.74, 6) is 0. The highest BCUT2D eigenvalue weighted by Crippen LogP contribution is 2.29. The molecule has 0 spiro atoms. The van der Waals surface area contributed by atoms with E-state index in [2.05, 4.69) is 10.1 Å². The fourth-order valence-corrected chi connectivity index (χ4v) is 1.71. The van der Waals surface area contributed by atoms with Gasteiger partial charge in [-0.2, -0.15) is 18.3 Å². The molecule has 0 saturated heterocycles. The number of nitrogens with zero attached hydrogens (tertiary/aromatic N) is 3. The van der Waals surface area contributed by atoms with Crippen LogP contribution in [0.25, 0.3) is 0 Å². The Labute approximate surface area is 107 Å². The first-order chi connectivity index (χ1) is 8.95. The fraction of sp³-hybridized carbons (Fsp3) is 0.333. The van der Waals surface area contributed by atoms with Gasteiger partial charge in [0.05, 0.1) is 18.2 Å². The summed E-state index contributed by atoms with van der Waals surface area (Å²) in [6, 6.07) is 4.76. The lowest BCUT2D eigenvalue weighted by Gasteiger charge is -2.11. The molecule has 19 heavy (non-hydrogen) atoms. The van der Waals surface area contributed by atoms with Crippen LogP contribution in [0.15, 0.2) is 36.9 Å².